The normalized spacial score (nSPS) is 12.9. The quantitative estimate of drug-likeness (QED) is 0.416. The van der Waals surface area contributed by atoms with Crippen LogP contribution in [0, 0.1) is 5.82 Å². The molecular weight excluding hydrogens is 451 g/mol. The van der Waals surface area contributed by atoms with E-state index in [-0.39, 0.29) is 24.6 Å². The lowest BCUT2D eigenvalue weighted by Gasteiger charge is -2.20. The molecule has 0 fully saturated rings. The van der Waals surface area contributed by atoms with Gasteiger partial charge >= 0.3 is 12.1 Å². The number of nitrogens with one attached hydrogen (secondary N) is 2. The van der Waals surface area contributed by atoms with E-state index in [1.54, 1.807) is 0 Å². The van der Waals surface area contributed by atoms with Crippen LogP contribution in [0.5, 0.6) is 0 Å². The fourth-order valence-electron chi connectivity index (χ4n) is 4.41. The van der Waals surface area contributed by atoms with Gasteiger partial charge in [0.15, 0.2) is 0 Å². The third kappa shape index (κ3) is 5.01. The van der Waals surface area contributed by atoms with Crippen molar-refractivity contribution in [2.24, 2.45) is 0 Å². The molecule has 0 heterocycles. The number of hydrogen-bond donors (Lipinski definition) is 3. The number of carbonyl (C=O) groups excluding carboxylic acids is 2. The van der Waals surface area contributed by atoms with Crippen molar-refractivity contribution in [3.8, 4) is 11.1 Å². The van der Waals surface area contributed by atoms with E-state index < -0.39 is 35.4 Å². The van der Waals surface area contributed by atoms with Gasteiger partial charge < -0.3 is 20.5 Å². The molecule has 0 aliphatic heterocycles. The Kier molecular flexibility index (Phi) is 7.10. The van der Waals surface area contributed by atoms with E-state index in [9.17, 15) is 23.9 Å². The molecule has 3 N–H and O–H groups in total. The summed E-state index contributed by atoms with van der Waals surface area (Å²) in [4.78, 5) is 36.8. The van der Waals surface area contributed by atoms with Crippen LogP contribution in [-0.4, -0.2) is 35.7 Å². The number of ether oxygens (including phenoxy) is 1. The predicted octanol–water partition coefficient (Wildman–Crippen LogP) is 5.17. The summed E-state index contributed by atoms with van der Waals surface area (Å²) < 4.78 is 19.5. The number of hydrogen-bond acceptors (Lipinski definition) is 4. The van der Waals surface area contributed by atoms with Crippen molar-refractivity contribution in [2.45, 2.75) is 31.7 Å². The van der Waals surface area contributed by atoms with Crippen molar-refractivity contribution in [1.29, 1.82) is 0 Å². The number of carboxylic acids is 1. The van der Waals surface area contributed by atoms with E-state index in [2.05, 4.69) is 10.6 Å². The first-order chi connectivity index (χ1) is 16.9. The summed E-state index contributed by atoms with van der Waals surface area (Å²) in [6.45, 7) is 1.93. The van der Waals surface area contributed by atoms with Gasteiger partial charge in [0.05, 0.1) is 5.69 Å². The van der Waals surface area contributed by atoms with Crippen molar-refractivity contribution in [2.75, 3.05) is 11.9 Å². The highest BCUT2D eigenvalue weighted by Gasteiger charge is 2.30. The van der Waals surface area contributed by atoms with Gasteiger partial charge in [-0.15, -0.1) is 0 Å². The standard InChI is InChI=1S/C27H25FN2O5/c1-2-8-23(25(31)29-22-14-7-13-21(28)24(22)26(32)33)30-27(34)35-15-20-18-11-5-3-9-16(18)17-10-4-6-12-19(17)20/h3-7,9-14,20,23H,2,8,15H2,1H3,(H,29,31)(H,30,34)(H,32,33)/t23-/m1/s1. The predicted molar refractivity (Wildman–Crippen MR) is 129 cm³/mol. The van der Waals surface area contributed by atoms with Gasteiger partial charge in [-0.25, -0.2) is 14.0 Å². The molecule has 180 valence electrons. The first-order valence-corrected chi connectivity index (χ1v) is 11.3. The number of fused-ring (bicyclic) bond motifs is 3. The van der Waals surface area contributed by atoms with Crippen LogP contribution in [-0.2, 0) is 9.53 Å². The van der Waals surface area contributed by atoms with Gasteiger partial charge in [-0.05, 0) is 40.8 Å². The zero-order valence-corrected chi connectivity index (χ0v) is 19.1. The van der Waals surface area contributed by atoms with Gasteiger partial charge in [-0.2, -0.15) is 0 Å². The second-order valence-electron chi connectivity index (χ2n) is 8.27. The minimum Gasteiger partial charge on any atom is -0.478 e. The number of carboxylic acid groups (broad SMARTS) is 1. The Morgan fingerprint density at radius 2 is 1.60 bits per heavy atom. The zero-order valence-electron chi connectivity index (χ0n) is 19.1. The lowest BCUT2D eigenvalue weighted by Crippen LogP contribution is -2.44. The summed E-state index contributed by atoms with van der Waals surface area (Å²) in [6, 6.07) is 18.5. The number of amides is 2. The maximum absolute atomic E-state index is 13.9. The van der Waals surface area contributed by atoms with Crippen molar-refractivity contribution < 1.29 is 28.6 Å². The molecule has 35 heavy (non-hydrogen) atoms. The summed E-state index contributed by atoms with van der Waals surface area (Å²) >= 11 is 0. The Morgan fingerprint density at radius 1 is 0.971 bits per heavy atom. The number of aromatic carboxylic acids is 1. The van der Waals surface area contributed by atoms with Gasteiger partial charge in [0.2, 0.25) is 5.91 Å². The van der Waals surface area contributed by atoms with E-state index in [0.717, 1.165) is 28.3 Å². The van der Waals surface area contributed by atoms with Gasteiger partial charge in [-0.1, -0.05) is 67.9 Å². The second-order valence-corrected chi connectivity index (χ2v) is 8.27. The number of benzene rings is 3. The highest BCUT2D eigenvalue weighted by Crippen LogP contribution is 2.44. The van der Waals surface area contributed by atoms with Crippen molar-refractivity contribution >= 4 is 23.7 Å². The molecular formula is C27H25FN2O5. The van der Waals surface area contributed by atoms with Crippen molar-refractivity contribution in [1.82, 2.24) is 5.32 Å². The molecule has 4 rings (SSSR count). The molecule has 7 nitrogen and oxygen atoms in total. The molecule has 1 aliphatic carbocycles. The monoisotopic (exact) mass is 476 g/mol. The molecule has 3 aromatic carbocycles. The highest BCUT2D eigenvalue weighted by molar-refractivity contribution is 6.03. The molecule has 3 aromatic rings. The van der Waals surface area contributed by atoms with Crippen LogP contribution in [0.2, 0.25) is 0 Å². The zero-order chi connectivity index (χ0) is 24.9. The summed E-state index contributed by atoms with van der Waals surface area (Å²) in [7, 11) is 0. The Morgan fingerprint density at radius 3 is 2.20 bits per heavy atom. The summed E-state index contributed by atoms with van der Waals surface area (Å²) in [5.74, 6) is -3.26. The fourth-order valence-corrected chi connectivity index (χ4v) is 4.41. The molecule has 0 unspecified atom stereocenters. The van der Waals surface area contributed by atoms with Crippen molar-refractivity contribution in [3.05, 3.63) is 89.2 Å². The molecule has 1 aliphatic rings. The molecule has 2 amide bonds. The van der Waals surface area contributed by atoms with E-state index in [1.807, 2.05) is 55.5 Å². The Hall–Kier alpha value is -4.20. The highest BCUT2D eigenvalue weighted by atomic mass is 19.1. The fraction of sp³-hybridized carbons (Fsp3) is 0.222. The molecule has 8 heteroatoms. The largest absolute Gasteiger partial charge is 0.478 e. The van der Waals surface area contributed by atoms with Crippen LogP contribution >= 0.6 is 0 Å². The van der Waals surface area contributed by atoms with Crippen LogP contribution in [0.15, 0.2) is 66.7 Å². The molecule has 0 spiro atoms. The van der Waals surface area contributed by atoms with Gasteiger partial charge in [-0.3, -0.25) is 4.79 Å². The molecule has 0 bridgehead atoms. The number of rotatable bonds is 8. The minimum absolute atomic E-state index is 0.0907. The smallest absolute Gasteiger partial charge is 0.407 e. The van der Waals surface area contributed by atoms with Crippen molar-refractivity contribution in [3.63, 3.8) is 0 Å². The van der Waals surface area contributed by atoms with Crippen LogP contribution in [0.1, 0.15) is 47.2 Å². The van der Waals surface area contributed by atoms with E-state index >= 15 is 0 Å². The average Bonchev–Trinajstić information content (AvgIpc) is 3.16. The summed E-state index contributed by atoms with van der Waals surface area (Å²) in [6.07, 6.45) is 0.0860. The maximum Gasteiger partial charge on any atom is 0.407 e. The molecule has 0 saturated heterocycles. The topological polar surface area (TPSA) is 105 Å². The Labute approximate surface area is 201 Å². The maximum atomic E-state index is 13.9. The van der Waals surface area contributed by atoms with E-state index in [1.165, 1.54) is 12.1 Å². The number of halogens is 1. The lowest BCUT2D eigenvalue weighted by atomic mass is 9.98. The lowest BCUT2D eigenvalue weighted by molar-refractivity contribution is -0.118. The first kappa shape index (κ1) is 23.9. The van der Waals surface area contributed by atoms with Crippen LogP contribution in [0.25, 0.3) is 11.1 Å². The third-order valence-corrected chi connectivity index (χ3v) is 6.01. The summed E-state index contributed by atoms with van der Waals surface area (Å²) in [5.41, 5.74) is 3.51. The molecule has 0 saturated carbocycles. The number of alkyl carbamates (subject to hydrolysis) is 1. The van der Waals surface area contributed by atoms with Gasteiger partial charge in [0, 0.05) is 5.92 Å². The van der Waals surface area contributed by atoms with Crippen LogP contribution in [0.3, 0.4) is 0 Å². The average molecular weight is 477 g/mol. The second kappa shape index (κ2) is 10.4. The number of carbonyl (C=O) groups is 3. The number of anilines is 1. The van der Waals surface area contributed by atoms with Gasteiger partial charge in [0.1, 0.15) is 24.0 Å². The van der Waals surface area contributed by atoms with Gasteiger partial charge in [0.25, 0.3) is 0 Å². The van der Waals surface area contributed by atoms with Crippen LogP contribution in [0.4, 0.5) is 14.9 Å². The molecule has 1 atom stereocenters. The molecule has 0 radical (unpaired) electrons. The van der Waals surface area contributed by atoms with E-state index in [4.69, 9.17) is 4.74 Å². The van der Waals surface area contributed by atoms with E-state index in [0.29, 0.717) is 6.42 Å². The SMILES string of the molecule is CCC[C@@H](NC(=O)OCC1c2ccccc2-c2ccccc21)C(=O)Nc1cccc(F)c1C(=O)O. The third-order valence-electron chi connectivity index (χ3n) is 6.01. The Bertz CT molecular complexity index is 1230. The minimum atomic E-state index is -1.50. The molecule has 0 aromatic heterocycles. The van der Waals surface area contributed by atoms with Crippen LogP contribution < -0.4 is 10.6 Å². The first-order valence-electron chi connectivity index (χ1n) is 11.3. The Balaban J connectivity index is 1.43. The summed E-state index contributed by atoms with van der Waals surface area (Å²) in [5, 5.41) is 14.3.